The topological polar surface area (TPSA) is 32.3 Å². The van der Waals surface area contributed by atoms with Gasteiger partial charge in [0.2, 0.25) is 0 Å². The molecular weight excluding hydrogens is 198 g/mol. The normalized spacial score (nSPS) is 11.6. The molecule has 0 heterocycles. The van der Waals surface area contributed by atoms with Crippen LogP contribution in [-0.4, -0.2) is 18.3 Å². The lowest BCUT2D eigenvalue weighted by molar-refractivity contribution is 0.171. The van der Waals surface area contributed by atoms with Crippen molar-refractivity contribution < 1.29 is 5.11 Å². The number of benzene rings is 1. The summed E-state index contributed by atoms with van der Waals surface area (Å²) in [5.74, 6) is 0. The molecule has 16 heavy (non-hydrogen) atoms. The van der Waals surface area contributed by atoms with Gasteiger partial charge >= 0.3 is 0 Å². The lowest BCUT2D eigenvalue weighted by Gasteiger charge is -2.24. The van der Waals surface area contributed by atoms with Gasteiger partial charge in [-0.2, -0.15) is 0 Å². The van der Waals surface area contributed by atoms with Gasteiger partial charge in [-0.15, -0.1) is 0 Å². The summed E-state index contributed by atoms with van der Waals surface area (Å²) in [5, 5.41) is 12.7. The molecule has 0 atom stereocenters. The van der Waals surface area contributed by atoms with Gasteiger partial charge in [0.15, 0.2) is 0 Å². The Bertz CT molecular complexity index is 346. The summed E-state index contributed by atoms with van der Waals surface area (Å²) in [7, 11) is 0. The van der Waals surface area contributed by atoms with Crippen molar-refractivity contribution >= 4 is 5.69 Å². The van der Waals surface area contributed by atoms with E-state index < -0.39 is 0 Å². The van der Waals surface area contributed by atoms with Crippen molar-refractivity contribution in [2.24, 2.45) is 5.41 Å². The second-order valence-corrected chi connectivity index (χ2v) is 5.45. The Hall–Kier alpha value is -1.02. The molecule has 0 unspecified atom stereocenters. The van der Waals surface area contributed by atoms with Crippen molar-refractivity contribution in [3.05, 3.63) is 28.8 Å². The number of rotatable bonds is 4. The van der Waals surface area contributed by atoms with E-state index in [4.69, 9.17) is 0 Å². The number of anilines is 1. The van der Waals surface area contributed by atoms with E-state index in [1.165, 1.54) is 22.4 Å². The largest absolute Gasteiger partial charge is 0.396 e. The summed E-state index contributed by atoms with van der Waals surface area (Å²) < 4.78 is 0. The van der Waals surface area contributed by atoms with E-state index in [1.54, 1.807) is 0 Å². The molecule has 0 fully saturated rings. The quantitative estimate of drug-likeness (QED) is 0.819. The van der Waals surface area contributed by atoms with E-state index in [9.17, 15) is 5.11 Å². The van der Waals surface area contributed by atoms with Gasteiger partial charge in [-0.05, 0) is 31.9 Å². The van der Waals surface area contributed by atoms with Gasteiger partial charge in [-0.1, -0.05) is 31.5 Å². The first-order valence-electron chi connectivity index (χ1n) is 5.78. The molecule has 0 spiro atoms. The number of hydrogen-bond acceptors (Lipinski definition) is 2. The number of aliphatic hydroxyl groups excluding tert-OH is 1. The highest BCUT2D eigenvalue weighted by Gasteiger charge is 2.16. The van der Waals surface area contributed by atoms with Crippen molar-refractivity contribution in [3.8, 4) is 0 Å². The molecule has 0 aliphatic rings. The molecule has 0 aliphatic heterocycles. The van der Waals surface area contributed by atoms with Crippen LogP contribution in [0.25, 0.3) is 0 Å². The van der Waals surface area contributed by atoms with Crippen molar-refractivity contribution in [1.29, 1.82) is 0 Å². The Labute approximate surface area is 98.7 Å². The fourth-order valence-corrected chi connectivity index (χ4v) is 1.84. The Morgan fingerprint density at radius 2 is 1.62 bits per heavy atom. The molecule has 0 saturated carbocycles. The predicted octanol–water partition coefficient (Wildman–Crippen LogP) is 3.04. The fourth-order valence-electron chi connectivity index (χ4n) is 1.84. The lowest BCUT2D eigenvalue weighted by atomic mass is 9.94. The molecule has 0 aromatic heterocycles. The molecule has 90 valence electrons. The van der Waals surface area contributed by atoms with Crippen molar-refractivity contribution in [2.75, 3.05) is 18.5 Å². The van der Waals surface area contributed by atoms with E-state index in [0.717, 1.165) is 6.54 Å². The Kier molecular flexibility index (Phi) is 3.98. The molecule has 1 aromatic carbocycles. The zero-order chi connectivity index (χ0) is 12.3. The molecule has 1 rings (SSSR count). The molecule has 0 amide bonds. The first-order valence-corrected chi connectivity index (χ1v) is 5.78. The minimum atomic E-state index is -0.0796. The summed E-state index contributed by atoms with van der Waals surface area (Å²) in [6, 6.07) is 4.36. The molecule has 2 nitrogen and oxygen atoms in total. The summed E-state index contributed by atoms with van der Waals surface area (Å²) in [6.07, 6.45) is 0. The standard InChI is InChI=1S/C14H23NO/c1-10-6-11(2)13(12(3)7-10)15-8-14(4,5)9-16/h6-7,15-16H,8-9H2,1-5H3. The van der Waals surface area contributed by atoms with Gasteiger partial charge < -0.3 is 10.4 Å². The number of aryl methyl sites for hydroxylation is 3. The molecule has 0 aliphatic carbocycles. The maximum Gasteiger partial charge on any atom is 0.0498 e. The second kappa shape index (κ2) is 4.88. The third-order valence-electron chi connectivity index (χ3n) is 2.85. The summed E-state index contributed by atoms with van der Waals surface area (Å²) in [4.78, 5) is 0. The van der Waals surface area contributed by atoms with Gasteiger partial charge in [0.1, 0.15) is 0 Å². The van der Waals surface area contributed by atoms with Gasteiger partial charge in [0, 0.05) is 24.3 Å². The van der Waals surface area contributed by atoms with E-state index >= 15 is 0 Å². The van der Waals surface area contributed by atoms with Crippen LogP contribution in [0.15, 0.2) is 12.1 Å². The van der Waals surface area contributed by atoms with Gasteiger partial charge in [0.05, 0.1) is 0 Å². The van der Waals surface area contributed by atoms with Crippen LogP contribution >= 0.6 is 0 Å². The average Bonchev–Trinajstić information content (AvgIpc) is 2.16. The molecule has 2 heteroatoms. The van der Waals surface area contributed by atoms with Gasteiger partial charge in [0.25, 0.3) is 0 Å². The lowest BCUT2D eigenvalue weighted by Crippen LogP contribution is -2.27. The van der Waals surface area contributed by atoms with Crippen molar-refractivity contribution in [3.63, 3.8) is 0 Å². The second-order valence-electron chi connectivity index (χ2n) is 5.45. The van der Waals surface area contributed by atoms with Crippen LogP contribution in [0.4, 0.5) is 5.69 Å². The third kappa shape index (κ3) is 3.24. The molecule has 0 radical (unpaired) electrons. The molecule has 0 saturated heterocycles. The predicted molar refractivity (Wildman–Crippen MR) is 70.0 cm³/mol. The van der Waals surface area contributed by atoms with Crippen LogP contribution in [0, 0.1) is 26.2 Å². The Balaban J connectivity index is 2.82. The summed E-state index contributed by atoms with van der Waals surface area (Å²) in [6.45, 7) is 11.4. The monoisotopic (exact) mass is 221 g/mol. The highest BCUT2D eigenvalue weighted by molar-refractivity contribution is 5.58. The minimum Gasteiger partial charge on any atom is -0.396 e. The Morgan fingerprint density at radius 1 is 1.12 bits per heavy atom. The Morgan fingerprint density at radius 3 is 2.06 bits per heavy atom. The first kappa shape index (κ1) is 13.0. The van der Waals surface area contributed by atoms with Crippen molar-refractivity contribution in [1.82, 2.24) is 0 Å². The highest BCUT2D eigenvalue weighted by Crippen LogP contribution is 2.24. The molecule has 0 bridgehead atoms. The summed E-state index contributed by atoms with van der Waals surface area (Å²) in [5.41, 5.74) is 4.95. The smallest absolute Gasteiger partial charge is 0.0498 e. The number of nitrogens with one attached hydrogen (secondary N) is 1. The zero-order valence-electron chi connectivity index (χ0n) is 11.0. The third-order valence-corrected chi connectivity index (χ3v) is 2.85. The van der Waals surface area contributed by atoms with Crippen LogP contribution in [0.2, 0.25) is 0 Å². The van der Waals surface area contributed by atoms with E-state index in [-0.39, 0.29) is 12.0 Å². The van der Waals surface area contributed by atoms with Crippen LogP contribution in [0.3, 0.4) is 0 Å². The van der Waals surface area contributed by atoms with E-state index in [0.29, 0.717) is 0 Å². The number of aliphatic hydroxyl groups is 1. The maximum atomic E-state index is 9.21. The molecule has 1 aromatic rings. The fraction of sp³-hybridized carbons (Fsp3) is 0.571. The first-order chi connectivity index (χ1) is 7.35. The SMILES string of the molecule is Cc1cc(C)c(NCC(C)(C)CO)c(C)c1. The number of hydrogen-bond donors (Lipinski definition) is 2. The van der Waals surface area contributed by atoms with Gasteiger partial charge in [-0.25, -0.2) is 0 Å². The minimum absolute atomic E-state index is 0.0796. The molecular formula is C14H23NO. The van der Waals surface area contributed by atoms with Crippen LogP contribution < -0.4 is 5.32 Å². The van der Waals surface area contributed by atoms with E-state index in [2.05, 4.69) is 52.1 Å². The zero-order valence-corrected chi connectivity index (χ0v) is 11.0. The summed E-state index contributed by atoms with van der Waals surface area (Å²) >= 11 is 0. The van der Waals surface area contributed by atoms with Crippen LogP contribution in [-0.2, 0) is 0 Å². The highest BCUT2D eigenvalue weighted by atomic mass is 16.3. The van der Waals surface area contributed by atoms with Crippen LogP contribution in [0.1, 0.15) is 30.5 Å². The van der Waals surface area contributed by atoms with Gasteiger partial charge in [-0.3, -0.25) is 0 Å². The van der Waals surface area contributed by atoms with Crippen LogP contribution in [0.5, 0.6) is 0 Å². The van der Waals surface area contributed by atoms with E-state index in [1.807, 2.05) is 0 Å². The molecule has 2 N–H and O–H groups in total. The van der Waals surface area contributed by atoms with Crippen molar-refractivity contribution in [2.45, 2.75) is 34.6 Å². The maximum absolute atomic E-state index is 9.21. The average molecular weight is 221 g/mol.